The Kier molecular flexibility index (Phi) is 4.35. The van der Waals surface area contributed by atoms with Crippen LogP contribution in [0, 0.1) is 3.57 Å². The van der Waals surface area contributed by atoms with E-state index in [1.807, 2.05) is 36.7 Å². The van der Waals surface area contributed by atoms with Crippen molar-refractivity contribution in [2.75, 3.05) is 17.2 Å². The van der Waals surface area contributed by atoms with Crippen molar-refractivity contribution in [1.29, 1.82) is 0 Å². The van der Waals surface area contributed by atoms with Gasteiger partial charge in [-0.05, 0) is 41.1 Å². The third-order valence-corrected chi connectivity index (χ3v) is 3.24. The number of para-hydroxylation sites is 1. The van der Waals surface area contributed by atoms with E-state index < -0.39 is 0 Å². The summed E-state index contributed by atoms with van der Waals surface area (Å²) in [6.07, 6.45) is 3.64. The van der Waals surface area contributed by atoms with Crippen LogP contribution in [-0.2, 0) is 6.54 Å². The normalized spacial score (nSPS) is 10.3. The molecule has 94 valence electrons. The fraction of sp³-hybridized carbons (Fsp3) is 0.231. The molecule has 0 aliphatic heterocycles. The number of benzene rings is 1. The average molecular weight is 354 g/mol. The Bertz CT molecular complexity index is 513. The number of nitrogens with zero attached hydrogens (tertiary/aromatic N) is 3. The van der Waals surface area contributed by atoms with Gasteiger partial charge in [0.1, 0.15) is 0 Å². The minimum absolute atomic E-state index is 0.726. The fourth-order valence-electron chi connectivity index (χ4n) is 1.68. The van der Waals surface area contributed by atoms with Gasteiger partial charge >= 0.3 is 0 Å². The zero-order chi connectivity index (χ0) is 13.0. The first kappa shape index (κ1) is 13.1. The summed E-state index contributed by atoms with van der Waals surface area (Å²) in [6, 6.07) is 7.88. The third kappa shape index (κ3) is 3.10. The van der Waals surface area contributed by atoms with Gasteiger partial charge in [0.05, 0.1) is 0 Å². The van der Waals surface area contributed by atoms with E-state index in [-0.39, 0.29) is 0 Å². The molecule has 0 fully saturated rings. The van der Waals surface area contributed by atoms with Crippen LogP contribution in [0.2, 0.25) is 0 Å². The maximum absolute atomic E-state index is 5.96. The second-order valence-corrected chi connectivity index (χ2v) is 5.16. The van der Waals surface area contributed by atoms with Gasteiger partial charge in [-0.3, -0.25) is 0 Å². The van der Waals surface area contributed by atoms with Gasteiger partial charge in [-0.15, -0.1) is 0 Å². The number of aromatic nitrogens is 2. The molecule has 0 spiro atoms. The highest BCUT2D eigenvalue weighted by Gasteiger charge is 2.09. The highest BCUT2D eigenvalue weighted by molar-refractivity contribution is 14.1. The van der Waals surface area contributed by atoms with Crippen LogP contribution in [0.1, 0.15) is 12.5 Å². The summed E-state index contributed by atoms with van der Waals surface area (Å²) in [5.41, 5.74) is 7.86. The van der Waals surface area contributed by atoms with Gasteiger partial charge in [-0.25, -0.2) is 9.97 Å². The number of rotatable bonds is 4. The molecule has 0 aliphatic carbocycles. The molecule has 0 aliphatic rings. The van der Waals surface area contributed by atoms with Crippen molar-refractivity contribution in [1.82, 2.24) is 9.97 Å². The van der Waals surface area contributed by atoms with Crippen molar-refractivity contribution in [2.24, 2.45) is 0 Å². The number of nitrogens with two attached hydrogens (primary N) is 1. The molecule has 2 aromatic rings. The summed E-state index contributed by atoms with van der Waals surface area (Å²) < 4.78 is 1.03. The van der Waals surface area contributed by atoms with Crippen molar-refractivity contribution in [2.45, 2.75) is 13.5 Å². The standard InChI is InChI=1S/C13H15IN4/c1-2-18(13-16-7-11(14)8-17-13)9-10-5-3-4-6-12(10)15/h3-8H,2,9,15H2,1H3. The molecule has 2 rings (SSSR count). The number of hydrogen-bond donors (Lipinski definition) is 1. The molecule has 0 bridgehead atoms. The number of nitrogen functional groups attached to an aromatic ring is 1. The predicted octanol–water partition coefficient (Wildman–Crippen LogP) is 2.69. The van der Waals surface area contributed by atoms with E-state index in [9.17, 15) is 0 Å². The minimum atomic E-state index is 0.726. The van der Waals surface area contributed by atoms with Crippen LogP contribution in [0.25, 0.3) is 0 Å². The zero-order valence-corrected chi connectivity index (χ0v) is 12.3. The topological polar surface area (TPSA) is 55.0 Å². The van der Waals surface area contributed by atoms with Gasteiger partial charge in [-0.1, -0.05) is 18.2 Å². The van der Waals surface area contributed by atoms with Gasteiger partial charge in [0, 0.05) is 34.7 Å². The Balaban J connectivity index is 2.20. The van der Waals surface area contributed by atoms with Crippen LogP contribution in [0.4, 0.5) is 11.6 Å². The lowest BCUT2D eigenvalue weighted by atomic mass is 10.2. The molecule has 0 unspecified atom stereocenters. The first-order valence-electron chi connectivity index (χ1n) is 5.76. The summed E-state index contributed by atoms with van der Waals surface area (Å²) in [4.78, 5) is 10.8. The SMILES string of the molecule is CCN(Cc1ccccc1N)c1ncc(I)cn1. The summed E-state index contributed by atoms with van der Waals surface area (Å²) >= 11 is 2.20. The molecule has 0 saturated heterocycles. The first-order chi connectivity index (χ1) is 8.70. The molecule has 1 aromatic carbocycles. The van der Waals surface area contributed by atoms with Gasteiger partial charge in [0.15, 0.2) is 0 Å². The molecule has 0 radical (unpaired) electrons. The Labute approximate surface area is 120 Å². The molecule has 2 N–H and O–H groups in total. The van der Waals surface area contributed by atoms with Crippen LogP contribution in [-0.4, -0.2) is 16.5 Å². The van der Waals surface area contributed by atoms with E-state index in [0.29, 0.717) is 0 Å². The van der Waals surface area contributed by atoms with Crippen LogP contribution in [0.15, 0.2) is 36.7 Å². The van der Waals surface area contributed by atoms with Crippen LogP contribution in [0.5, 0.6) is 0 Å². The zero-order valence-electron chi connectivity index (χ0n) is 10.2. The maximum Gasteiger partial charge on any atom is 0.225 e. The quantitative estimate of drug-likeness (QED) is 0.678. The molecular weight excluding hydrogens is 339 g/mol. The summed E-state index contributed by atoms with van der Waals surface area (Å²) in [6.45, 7) is 3.65. The molecule has 1 aromatic heterocycles. The second-order valence-electron chi connectivity index (χ2n) is 3.91. The molecule has 1 heterocycles. The Morgan fingerprint density at radius 3 is 2.50 bits per heavy atom. The fourth-order valence-corrected chi connectivity index (χ4v) is 1.96. The highest BCUT2D eigenvalue weighted by atomic mass is 127. The number of hydrogen-bond acceptors (Lipinski definition) is 4. The monoisotopic (exact) mass is 354 g/mol. The number of anilines is 2. The maximum atomic E-state index is 5.96. The van der Waals surface area contributed by atoms with Crippen LogP contribution >= 0.6 is 22.6 Å². The largest absolute Gasteiger partial charge is 0.398 e. The lowest BCUT2D eigenvalue weighted by Gasteiger charge is -2.21. The molecule has 0 atom stereocenters. The van der Waals surface area contributed by atoms with Gasteiger partial charge in [0.2, 0.25) is 5.95 Å². The smallest absolute Gasteiger partial charge is 0.225 e. The van der Waals surface area contributed by atoms with Gasteiger partial charge in [0.25, 0.3) is 0 Å². The molecule has 4 nitrogen and oxygen atoms in total. The number of halogens is 1. The van der Waals surface area contributed by atoms with E-state index in [4.69, 9.17) is 5.73 Å². The van der Waals surface area contributed by atoms with E-state index in [1.54, 1.807) is 0 Å². The molecule has 0 saturated carbocycles. The van der Waals surface area contributed by atoms with E-state index in [0.717, 1.165) is 33.9 Å². The Morgan fingerprint density at radius 2 is 1.89 bits per heavy atom. The van der Waals surface area contributed by atoms with Crippen molar-refractivity contribution < 1.29 is 0 Å². The van der Waals surface area contributed by atoms with E-state index in [1.165, 1.54) is 0 Å². The molecular formula is C13H15IN4. The second kappa shape index (κ2) is 5.99. The third-order valence-electron chi connectivity index (χ3n) is 2.69. The van der Waals surface area contributed by atoms with Gasteiger partial charge in [-0.2, -0.15) is 0 Å². The Morgan fingerprint density at radius 1 is 1.22 bits per heavy atom. The lowest BCUT2D eigenvalue weighted by Crippen LogP contribution is -2.24. The van der Waals surface area contributed by atoms with Crippen molar-refractivity contribution in [3.05, 3.63) is 45.8 Å². The van der Waals surface area contributed by atoms with Crippen molar-refractivity contribution in [3.8, 4) is 0 Å². The molecule has 5 heteroatoms. The lowest BCUT2D eigenvalue weighted by molar-refractivity contribution is 0.791. The minimum Gasteiger partial charge on any atom is -0.398 e. The predicted molar refractivity (Wildman–Crippen MR) is 82.3 cm³/mol. The molecule has 0 amide bonds. The van der Waals surface area contributed by atoms with Crippen LogP contribution < -0.4 is 10.6 Å². The van der Waals surface area contributed by atoms with E-state index in [2.05, 4.69) is 44.4 Å². The summed E-state index contributed by atoms with van der Waals surface area (Å²) in [7, 11) is 0. The van der Waals surface area contributed by atoms with E-state index >= 15 is 0 Å². The first-order valence-corrected chi connectivity index (χ1v) is 6.84. The summed E-state index contributed by atoms with van der Waals surface area (Å²) in [5, 5.41) is 0. The molecule has 18 heavy (non-hydrogen) atoms. The highest BCUT2D eigenvalue weighted by Crippen LogP contribution is 2.16. The average Bonchev–Trinajstić information content (AvgIpc) is 2.39. The summed E-state index contributed by atoms with van der Waals surface area (Å²) in [5.74, 6) is 0.737. The van der Waals surface area contributed by atoms with Crippen molar-refractivity contribution >= 4 is 34.2 Å². The van der Waals surface area contributed by atoms with Crippen LogP contribution in [0.3, 0.4) is 0 Å². The van der Waals surface area contributed by atoms with Gasteiger partial charge < -0.3 is 10.6 Å². The van der Waals surface area contributed by atoms with Crippen molar-refractivity contribution in [3.63, 3.8) is 0 Å². The Hall–Kier alpha value is -1.37.